The summed E-state index contributed by atoms with van der Waals surface area (Å²) in [5.74, 6) is -0.607. The van der Waals surface area contributed by atoms with Gasteiger partial charge < -0.3 is 4.74 Å². The van der Waals surface area contributed by atoms with E-state index in [1.165, 1.54) is 37.6 Å². The molecule has 1 N–H and O–H groups in total. The minimum atomic E-state index is -4.24. The molecule has 1 aromatic heterocycles. The molecule has 8 nitrogen and oxygen atoms in total. The fourth-order valence-electron chi connectivity index (χ4n) is 3.60. The zero-order valence-corrected chi connectivity index (χ0v) is 20.7. The number of hydrogen-bond acceptors (Lipinski definition) is 7. The second-order valence-electron chi connectivity index (χ2n) is 7.94. The van der Waals surface area contributed by atoms with Gasteiger partial charge in [0.2, 0.25) is 0 Å². The minimum absolute atomic E-state index is 0.00579. The van der Waals surface area contributed by atoms with Gasteiger partial charge in [0.25, 0.3) is 10.0 Å². The highest BCUT2D eigenvalue weighted by Gasteiger charge is 2.32. The Labute approximate surface area is 202 Å². The molecule has 34 heavy (non-hydrogen) atoms. The Bertz CT molecular complexity index is 1490. The number of carbonyl (C=O) groups is 1. The lowest BCUT2D eigenvalue weighted by molar-refractivity contribution is 0.0600. The lowest BCUT2D eigenvalue weighted by Crippen LogP contribution is -2.17. The average molecular weight is 521 g/mol. The topological polar surface area (TPSA) is 119 Å². The maximum atomic E-state index is 13.6. The molecule has 1 heterocycles. The monoisotopic (exact) mass is 520 g/mol. The lowest BCUT2D eigenvalue weighted by atomic mass is 10.1. The summed E-state index contributed by atoms with van der Waals surface area (Å²) in [6.07, 6.45) is 4.17. The molecule has 1 fully saturated rings. The van der Waals surface area contributed by atoms with Crippen LogP contribution in [0.2, 0.25) is 5.02 Å². The first-order valence-corrected chi connectivity index (χ1v) is 14.0. The molecule has 0 unspecified atom stereocenters. The van der Waals surface area contributed by atoms with E-state index in [1.807, 2.05) is 0 Å². The van der Waals surface area contributed by atoms with Gasteiger partial charge in [0, 0.05) is 18.0 Å². The molecule has 178 valence electrons. The molecule has 2 aromatic carbocycles. The number of benzene rings is 2. The largest absolute Gasteiger partial charge is 0.465 e. The summed E-state index contributed by atoms with van der Waals surface area (Å²) in [4.78, 5) is 16.0. The molecule has 1 saturated carbocycles. The first kappa shape index (κ1) is 24.2. The third kappa shape index (κ3) is 4.94. The highest BCUT2D eigenvalue weighted by molar-refractivity contribution is 7.93. The highest BCUT2D eigenvalue weighted by Crippen LogP contribution is 2.44. The van der Waals surface area contributed by atoms with E-state index in [1.54, 1.807) is 24.3 Å². The Hall–Kier alpha value is -2.95. The van der Waals surface area contributed by atoms with E-state index >= 15 is 0 Å². The zero-order chi connectivity index (χ0) is 24.7. The number of nitrogens with one attached hydrogen (secondary N) is 1. The van der Waals surface area contributed by atoms with Gasteiger partial charge in [0.15, 0.2) is 9.84 Å². The number of ether oxygens (including phenoxy) is 1. The van der Waals surface area contributed by atoms with Crippen LogP contribution < -0.4 is 4.72 Å². The molecule has 0 saturated heterocycles. The summed E-state index contributed by atoms with van der Waals surface area (Å²) >= 11 is 6.24. The normalized spacial score (nSPS) is 14.0. The smallest absolute Gasteiger partial charge is 0.337 e. The van der Waals surface area contributed by atoms with Crippen molar-refractivity contribution in [3.63, 3.8) is 0 Å². The molecule has 0 bridgehead atoms. The SMILES string of the molecule is COC(=O)c1ccc(C2CC2)c(S(=O)(=O)Nc2cc(S(C)(=O)=O)c(Cl)cc2-c2ccccn2)c1. The second-order valence-corrected chi connectivity index (χ2v) is 12.0. The van der Waals surface area contributed by atoms with Crippen LogP contribution in [0.1, 0.15) is 34.7 Å². The van der Waals surface area contributed by atoms with Gasteiger partial charge in [-0.15, -0.1) is 0 Å². The van der Waals surface area contributed by atoms with Gasteiger partial charge in [-0.1, -0.05) is 23.7 Å². The fraction of sp³-hybridized carbons (Fsp3) is 0.217. The Morgan fingerprint density at radius 2 is 1.79 bits per heavy atom. The van der Waals surface area contributed by atoms with Gasteiger partial charge in [-0.25, -0.2) is 21.6 Å². The van der Waals surface area contributed by atoms with Crippen LogP contribution in [0.25, 0.3) is 11.3 Å². The van der Waals surface area contributed by atoms with E-state index in [0.717, 1.165) is 19.1 Å². The number of halogens is 1. The Morgan fingerprint density at radius 3 is 2.38 bits per heavy atom. The molecule has 0 radical (unpaired) electrons. The molecular formula is C23H21ClN2O6S2. The van der Waals surface area contributed by atoms with E-state index < -0.39 is 25.8 Å². The molecule has 1 aliphatic rings. The maximum Gasteiger partial charge on any atom is 0.337 e. The molecular weight excluding hydrogens is 500 g/mol. The van der Waals surface area contributed by atoms with Gasteiger partial charge in [-0.2, -0.15) is 0 Å². The number of nitrogens with zero attached hydrogens (tertiary/aromatic N) is 1. The van der Waals surface area contributed by atoms with E-state index in [9.17, 15) is 21.6 Å². The molecule has 1 aliphatic carbocycles. The van der Waals surface area contributed by atoms with Crippen molar-refractivity contribution >= 4 is 43.1 Å². The summed E-state index contributed by atoms with van der Waals surface area (Å²) in [5.41, 5.74) is 1.36. The number of sulfone groups is 1. The van der Waals surface area contributed by atoms with Crippen LogP contribution in [-0.4, -0.2) is 41.2 Å². The summed E-state index contributed by atoms with van der Waals surface area (Å²) in [6, 6.07) is 12.0. The van der Waals surface area contributed by atoms with Gasteiger partial charge in [-0.05, 0) is 60.7 Å². The number of rotatable bonds is 7. The molecule has 4 rings (SSSR count). The average Bonchev–Trinajstić information content (AvgIpc) is 3.64. The number of esters is 1. The van der Waals surface area contributed by atoms with E-state index in [0.29, 0.717) is 16.8 Å². The van der Waals surface area contributed by atoms with Crippen LogP contribution in [0.15, 0.2) is 64.5 Å². The summed E-state index contributed by atoms with van der Waals surface area (Å²) in [5, 5.41) is -0.0579. The predicted octanol–water partition coefficient (Wildman–Crippen LogP) is 4.27. The van der Waals surface area contributed by atoms with Crippen LogP contribution in [0.3, 0.4) is 0 Å². The molecule has 0 atom stereocenters. The van der Waals surface area contributed by atoms with Gasteiger partial charge in [0.1, 0.15) is 0 Å². The number of aromatic nitrogens is 1. The van der Waals surface area contributed by atoms with Gasteiger partial charge in [-0.3, -0.25) is 9.71 Å². The summed E-state index contributed by atoms with van der Waals surface area (Å²) < 4.78 is 58.9. The van der Waals surface area contributed by atoms with E-state index in [4.69, 9.17) is 16.3 Å². The lowest BCUT2D eigenvalue weighted by Gasteiger charge is -2.17. The molecule has 3 aromatic rings. The van der Waals surface area contributed by atoms with Crippen molar-refractivity contribution in [3.05, 3.63) is 70.9 Å². The van der Waals surface area contributed by atoms with Crippen molar-refractivity contribution in [2.45, 2.75) is 28.6 Å². The first-order valence-electron chi connectivity index (χ1n) is 10.2. The fourth-order valence-corrected chi connectivity index (χ4v) is 6.32. The van der Waals surface area contributed by atoms with Crippen LogP contribution >= 0.6 is 11.6 Å². The van der Waals surface area contributed by atoms with Crippen LogP contribution in [0.5, 0.6) is 0 Å². The van der Waals surface area contributed by atoms with Gasteiger partial charge in [0.05, 0.1) is 38.9 Å². The third-order valence-corrected chi connectivity index (χ3v) is 8.38. The van der Waals surface area contributed by atoms with Crippen molar-refractivity contribution < 1.29 is 26.4 Å². The number of carbonyl (C=O) groups excluding carboxylic acids is 1. The zero-order valence-electron chi connectivity index (χ0n) is 18.3. The summed E-state index contributed by atoms with van der Waals surface area (Å²) in [7, 11) is -6.79. The van der Waals surface area contributed by atoms with Crippen molar-refractivity contribution in [2.24, 2.45) is 0 Å². The second kappa shape index (κ2) is 9.01. The number of hydrogen-bond donors (Lipinski definition) is 1. The molecule has 0 aliphatic heterocycles. The van der Waals surface area contributed by atoms with Crippen LogP contribution in [0, 0.1) is 0 Å². The number of anilines is 1. The number of pyridine rings is 1. The van der Waals surface area contributed by atoms with Gasteiger partial charge >= 0.3 is 5.97 Å². The van der Waals surface area contributed by atoms with Crippen LogP contribution in [0.4, 0.5) is 5.69 Å². The predicted molar refractivity (Wildman–Crippen MR) is 128 cm³/mol. The molecule has 11 heteroatoms. The van der Waals surface area contributed by atoms with Crippen LogP contribution in [-0.2, 0) is 24.6 Å². The van der Waals surface area contributed by atoms with Crippen molar-refractivity contribution in [2.75, 3.05) is 18.1 Å². The Kier molecular flexibility index (Phi) is 6.41. The van der Waals surface area contributed by atoms with Crippen molar-refractivity contribution in [1.82, 2.24) is 4.98 Å². The molecule has 0 spiro atoms. The van der Waals surface area contributed by atoms with E-state index in [2.05, 4.69) is 9.71 Å². The molecule has 0 amide bonds. The Balaban J connectivity index is 1.89. The minimum Gasteiger partial charge on any atom is -0.465 e. The number of methoxy groups -OCH3 is 1. The van der Waals surface area contributed by atoms with E-state index in [-0.39, 0.29) is 32.0 Å². The summed E-state index contributed by atoms with van der Waals surface area (Å²) in [6.45, 7) is 0. The Morgan fingerprint density at radius 1 is 1.06 bits per heavy atom. The maximum absolute atomic E-state index is 13.6. The van der Waals surface area contributed by atoms with Crippen molar-refractivity contribution in [1.29, 1.82) is 0 Å². The quantitative estimate of drug-likeness (QED) is 0.462. The van der Waals surface area contributed by atoms with Crippen molar-refractivity contribution in [3.8, 4) is 11.3 Å². The number of sulfonamides is 1. The highest BCUT2D eigenvalue weighted by atomic mass is 35.5. The third-order valence-electron chi connectivity index (χ3n) is 5.40. The standard InChI is InChI=1S/C23H21ClN2O6S2/c1-32-23(27)15-8-9-16(14-6-7-14)21(11-15)34(30,31)26-20-13-22(33(2,28)29)18(24)12-17(20)19-5-3-4-10-25-19/h3-5,8-14,26H,6-7H2,1-2H3. The first-order chi connectivity index (χ1) is 16.0.